The molecule has 18 heavy (non-hydrogen) atoms. The van der Waals surface area contributed by atoms with E-state index in [4.69, 9.17) is 5.11 Å². The topological polar surface area (TPSA) is 33.1 Å². The molecule has 90 valence electrons. The van der Waals surface area contributed by atoms with Crippen LogP contribution in [0.4, 0.5) is 4.39 Å². The fourth-order valence-electron chi connectivity index (χ4n) is 1.53. The van der Waals surface area contributed by atoms with Crippen LogP contribution < -0.4 is 0 Å². The lowest BCUT2D eigenvalue weighted by molar-refractivity contribution is 0.280. The van der Waals surface area contributed by atoms with E-state index in [1.165, 1.54) is 12.1 Å². The Morgan fingerprint density at radius 3 is 2.72 bits per heavy atom. The van der Waals surface area contributed by atoms with Gasteiger partial charge in [0.05, 0.1) is 6.61 Å². The Kier molecular flexibility index (Phi) is 3.71. The van der Waals surface area contributed by atoms with Gasteiger partial charge in [0, 0.05) is 11.3 Å². The molecule has 0 unspecified atom stereocenters. The normalized spacial score (nSPS) is 9.72. The second-order valence-corrected chi connectivity index (χ2v) is 3.86. The van der Waals surface area contributed by atoms with Crippen LogP contribution in [0.3, 0.4) is 0 Å². The average molecular weight is 241 g/mol. The van der Waals surface area contributed by atoms with E-state index in [2.05, 4.69) is 16.8 Å². The van der Waals surface area contributed by atoms with Gasteiger partial charge >= 0.3 is 0 Å². The molecule has 0 atom stereocenters. The van der Waals surface area contributed by atoms with Gasteiger partial charge in [0.1, 0.15) is 11.5 Å². The minimum Gasteiger partial charge on any atom is -0.392 e. The molecule has 0 saturated heterocycles. The fraction of sp³-hybridized carbons (Fsp3) is 0.133. The molecule has 0 radical (unpaired) electrons. The molecule has 0 fully saturated rings. The number of hydrogen-bond donors (Lipinski definition) is 1. The summed E-state index contributed by atoms with van der Waals surface area (Å²) < 4.78 is 12.9. The van der Waals surface area contributed by atoms with E-state index in [9.17, 15) is 4.39 Å². The molecule has 0 bridgehead atoms. The van der Waals surface area contributed by atoms with Crippen molar-refractivity contribution >= 4 is 0 Å². The number of hydrogen-bond acceptors (Lipinski definition) is 2. The molecular formula is C15H12FNO. The maximum atomic E-state index is 12.9. The Hall–Kier alpha value is -2.18. The van der Waals surface area contributed by atoms with Crippen LogP contribution in [0.1, 0.15) is 22.5 Å². The Morgan fingerprint density at radius 2 is 2.06 bits per heavy atom. The molecule has 0 spiro atoms. The third kappa shape index (κ3) is 2.93. The molecule has 3 heteroatoms. The quantitative estimate of drug-likeness (QED) is 0.778. The zero-order valence-electron chi connectivity index (χ0n) is 9.94. The zero-order valence-corrected chi connectivity index (χ0v) is 9.94. The summed E-state index contributed by atoms with van der Waals surface area (Å²) in [4.78, 5) is 4.25. The van der Waals surface area contributed by atoms with E-state index in [0.29, 0.717) is 11.3 Å². The molecule has 1 heterocycles. The van der Waals surface area contributed by atoms with Gasteiger partial charge in [-0.25, -0.2) is 9.37 Å². The van der Waals surface area contributed by atoms with E-state index in [1.54, 1.807) is 24.3 Å². The van der Waals surface area contributed by atoms with Crippen molar-refractivity contribution < 1.29 is 9.50 Å². The molecule has 2 rings (SSSR count). The van der Waals surface area contributed by atoms with Gasteiger partial charge in [-0.05, 0) is 42.7 Å². The summed E-state index contributed by atoms with van der Waals surface area (Å²) in [5.74, 6) is 5.42. The van der Waals surface area contributed by atoms with Crippen LogP contribution >= 0.6 is 0 Å². The lowest BCUT2D eigenvalue weighted by atomic mass is 10.2. The Bertz CT molecular complexity index is 626. The van der Waals surface area contributed by atoms with Gasteiger partial charge < -0.3 is 5.11 Å². The number of aliphatic hydroxyl groups excluding tert-OH is 1. The first-order valence-corrected chi connectivity index (χ1v) is 5.54. The van der Waals surface area contributed by atoms with Gasteiger partial charge in [-0.15, -0.1) is 0 Å². The molecule has 0 aliphatic carbocycles. The Labute approximate surface area is 105 Å². The molecule has 0 amide bonds. The highest BCUT2D eigenvalue weighted by atomic mass is 19.1. The first-order chi connectivity index (χ1) is 8.69. The van der Waals surface area contributed by atoms with Gasteiger partial charge in [0.15, 0.2) is 0 Å². The van der Waals surface area contributed by atoms with E-state index < -0.39 is 0 Å². The second kappa shape index (κ2) is 5.44. The van der Waals surface area contributed by atoms with Crippen molar-refractivity contribution in [3.05, 3.63) is 64.7 Å². The number of nitrogens with zero attached hydrogens (tertiary/aromatic N) is 1. The molecule has 2 nitrogen and oxygen atoms in total. The van der Waals surface area contributed by atoms with Crippen LogP contribution in [0.15, 0.2) is 36.4 Å². The highest BCUT2D eigenvalue weighted by molar-refractivity contribution is 5.41. The van der Waals surface area contributed by atoms with Crippen molar-refractivity contribution in [2.24, 2.45) is 0 Å². The fourth-order valence-corrected chi connectivity index (χ4v) is 1.53. The maximum Gasteiger partial charge on any atom is 0.124 e. The number of rotatable bonds is 1. The van der Waals surface area contributed by atoms with E-state index in [-0.39, 0.29) is 12.4 Å². The van der Waals surface area contributed by atoms with Crippen LogP contribution in [-0.4, -0.2) is 10.1 Å². The summed E-state index contributed by atoms with van der Waals surface area (Å²) >= 11 is 0. The van der Waals surface area contributed by atoms with Crippen molar-refractivity contribution in [3.8, 4) is 11.8 Å². The third-order valence-electron chi connectivity index (χ3n) is 2.53. The average Bonchev–Trinajstić information content (AvgIpc) is 2.37. The lowest BCUT2D eigenvalue weighted by Crippen LogP contribution is -1.94. The van der Waals surface area contributed by atoms with Crippen LogP contribution in [0.25, 0.3) is 0 Å². The Balaban J connectivity index is 2.27. The second-order valence-electron chi connectivity index (χ2n) is 3.86. The highest BCUT2D eigenvalue weighted by Crippen LogP contribution is 2.06. The third-order valence-corrected chi connectivity index (χ3v) is 2.53. The van der Waals surface area contributed by atoms with E-state index in [1.807, 2.05) is 6.92 Å². The van der Waals surface area contributed by atoms with E-state index >= 15 is 0 Å². The monoisotopic (exact) mass is 241 g/mol. The minimum atomic E-state index is -0.304. The van der Waals surface area contributed by atoms with Crippen molar-refractivity contribution in [2.45, 2.75) is 13.5 Å². The Morgan fingerprint density at radius 1 is 1.22 bits per heavy atom. The van der Waals surface area contributed by atoms with Gasteiger partial charge in [-0.1, -0.05) is 18.1 Å². The molecule has 0 saturated carbocycles. The van der Waals surface area contributed by atoms with Gasteiger partial charge in [-0.2, -0.15) is 0 Å². The summed E-state index contributed by atoms with van der Waals surface area (Å²) in [6, 6.07) is 9.65. The largest absolute Gasteiger partial charge is 0.392 e. The summed E-state index contributed by atoms with van der Waals surface area (Å²) in [6.07, 6.45) is 0. The number of aryl methyl sites for hydroxylation is 1. The summed E-state index contributed by atoms with van der Waals surface area (Å²) in [7, 11) is 0. The molecule has 1 aromatic heterocycles. The van der Waals surface area contributed by atoms with Gasteiger partial charge in [-0.3, -0.25) is 0 Å². The summed E-state index contributed by atoms with van der Waals surface area (Å²) in [5, 5.41) is 9.03. The molecule has 1 N–H and O–H groups in total. The predicted octanol–water partition coefficient (Wildman–Crippen LogP) is 2.42. The number of aromatic nitrogens is 1. The molecule has 1 aromatic carbocycles. The van der Waals surface area contributed by atoms with Crippen molar-refractivity contribution in [2.75, 3.05) is 0 Å². The number of aliphatic hydroxyl groups is 1. The highest BCUT2D eigenvalue weighted by Gasteiger charge is 1.98. The first kappa shape index (κ1) is 12.3. The molecule has 0 aliphatic rings. The van der Waals surface area contributed by atoms with Crippen molar-refractivity contribution in [1.82, 2.24) is 4.98 Å². The predicted molar refractivity (Wildman–Crippen MR) is 67.3 cm³/mol. The smallest absolute Gasteiger partial charge is 0.124 e. The number of pyridine rings is 1. The summed E-state index contributed by atoms with van der Waals surface area (Å²) in [6.45, 7) is 1.79. The standard InChI is InChI=1S/C15H12FNO/c1-11-13(10-18)6-8-15(17-11)7-5-12-3-2-4-14(16)9-12/h2-4,6,8-9,18H,10H2,1H3. The SMILES string of the molecule is Cc1nc(C#Cc2cccc(F)c2)ccc1CO. The first-order valence-electron chi connectivity index (χ1n) is 5.54. The summed E-state index contributed by atoms with van der Waals surface area (Å²) in [5.41, 5.74) is 2.75. The van der Waals surface area contributed by atoms with Crippen molar-refractivity contribution in [3.63, 3.8) is 0 Å². The molecule has 0 aliphatic heterocycles. The van der Waals surface area contributed by atoms with Crippen molar-refractivity contribution in [1.29, 1.82) is 0 Å². The zero-order chi connectivity index (χ0) is 13.0. The number of benzene rings is 1. The van der Waals surface area contributed by atoms with Gasteiger partial charge in [0.25, 0.3) is 0 Å². The molecule has 2 aromatic rings. The van der Waals surface area contributed by atoms with Crippen LogP contribution in [-0.2, 0) is 6.61 Å². The maximum absolute atomic E-state index is 12.9. The van der Waals surface area contributed by atoms with Gasteiger partial charge in [0.2, 0.25) is 0 Å². The van der Waals surface area contributed by atoms with Crippen LogP contribution in [0.2, 0.25) is 0 Å². The van der Waals surface area contributed by atoms with Crippen LogP contribution in [0.5, 0.6) is 0 Å². The van der Waals surface area contributed by atoms with Crippen LogP contribution in [0, 0.1) is 24.6 Å². The minimum absolute atomic E-state index is 0.0313. The lowest BCUT2D eigenvalue weighted by Gasteiger charge is -2.00. The number of halogens is 1. The molecular weight excluding hydrogens is 229 g/mol. The van der Waals surface area contributed by atoms with E-state index in [0.717, 1.165) is 11.3 Å².